The predicted octanol–water partition coefficient (Wildman–Crippen LogP) is 1.31. The lowest BCUT2D eigenvalue weighted by Gasteiger charge is -2.34. The van der Waals surface area contributed by atoms with Crippen molar-refractivity contribution >= 4 is 15.7 Å². The predicted molar refractivity (Wildman–Crippen MR) is 94.4 cm³/mol. The summed E-state index contributed by atoms with van der Waals surface area (Å²) >= 11 is 0. The van der Waals surface area contributed by atoms with Crippen molar-refractivity contribution in [2.24, 2.45) is 0 Å². The second kappa shape index (κ2) is 7.29. The van der Waals surface area contributed by atoms with E-state index in [9.17, 15) is 8.42 Å². The largest absolute Gasteiger partial charge is 0.369 e. The van der Waals surface area contributed by atoms with E-state index in [4.69, 9.17) is 0 Å². The van der Waals surface area contributed by atoms with Crippen LogP contribution in [0.3, 0.4) is 0 Å². The number of anilines is 1. The summed E-state index contributed by atoms with van der Waals surface area (Å²) in [6.07, 6.45) is 3.29. The first-order valence-corrected chi connectivity index (χ1v) is 9.45. The number of aromatic nitrogens is 1. The minimum Gasteiger partial charge on any atom is -0.369 e. The highest BCUT2D eigenvalue weighted by atomic mass is 32.2. The number of hydrogen-bond donors (Lipinski definition) is 1. The van der Waals surface area contributed by atoms with Crippen LogP contribution in [0.25, 0.3) is 0 Å². The molecule has 0 saturated carbocycles. The zero-order valence-electron chi connectivity index (χ0n) is 13.7. The topological polar surface area (TPSA) is 65.5 Å². The molecule has 6 nitrogen and oxygen atoms in total. The number of pyridine rings is 1. The maximum absolute atomic E-state index is 12.4. The summed E-state index contributed by atoms with van der Waals surface area (Å²) in [5.41, 5.74) is 1.94. The van der Waals surface area contributed by atoms with Crippen molar-refractivity contribution < 1.29 is 8.42 Å². The average molecular weight is 346 g/mol. The van der Waals surface area contributed by atoms with E-state index in [1.807, 2.05) is 12.1 Å². The van der Waals surface area contributed by atoms with Crippen LogP contribution in [-0.4, -0.2) is 51.5 Å². The molecule has 0 aliphatic carbocycles. The molecule has 7 heteroatoms. The summed E-state index contributed by atoms with van der Waals surface area (Å²) in [6, 6.07) is 10.7. The molecular formula is C17H22N4O2S. The van der Waals surface area contributed by atoms with Gasteiger partial charge in [0.2, 0.25) is 10.0 Å². The van der Waals surface area contributed by atoms with Gasteiger partial charge in [-0.2, -0.15) is 0 Å². The highest BCUT2D eigenvalue weighted by Crippen LogP contribution is 2.19. The Balaban J connectivity index is 1.65. The summed E-state index contributed by atoms with van der Waals surface area (Å²) in [5.74, 6) is 0. The highest BCUT2D eigenvalue weighted by Gasteiger charge is 2.17. The van der Waals surface area contributed by atoms with Crippen molar-refractivity contribution in [3.63, 3.8) is 0 Å². The van der Waals surface area contributed by atoms with E-state index >= 15 is 0 Å². The van der Waals surface area contributed by atoms with Gasteiger partial charge in [0, 0.05) is 50.8 Å². The smallest absolute Gasteiger partial charge is 0.240 e. The van der Waals surface area contributed by atoms with Gasteiger partial charge in [-0.15, -0.1) is 0 Å². The fourth-order valence-corrected chi connectivity index (χ4v) is 3.68. The maximum atomic E-state index is 12.4. The third kappa shape index (κ3) is 4.11. The lowest BCUT2D eigenvalue weighted by atomic mass is 10.2. The van der Waals surface area contributed by atoms with Crippen LogP contribution in [-0.2, 0) is 16.6 Å². The molecule has 1 aromatic heterocycles. The van der Waals surface area contributed by atoms with Crippen molar-refractivity contribution in [2.45, 2.75) is 11.4 Å². The van der Waals surface area contributed by atoms with Crippen LogP contribution in [0.4, 0.5) is 5.69 Å². The van der Waals surface area contributed by atoms with E-state index in [-0.39, 0.29) is 11.4 Å². The van der Waals surface area contributed by atoms with Crippen LogP contribution in [0.2, 0.25) is 0 Å². The molecule has 3 rings (SSSR count). The molecule has 1 aliphatic rings. The Kier molecular flexibility index (Phi) is 5.13. The summed E-state index contributed by atoms with van der Waals surface area (Å²) in [7, 11) is -1.40. The van der Waals surface area contributed by atoms with Crippen LogP contribution < -0.4 is 9.62 Å². The Bertz CT molecular complexity index is 755. The Labute approximate surface area is 143 Å². The summed E-state index contributed by atoms with van der Waals surface area (Å²) in [6.45, 7) is 4.22. The van der Waals surface area contributed by atoms with E-state index in [0.29, 0.717) is 0 Å². The molecule has 1 fully saturated rings. The van der Waals surface area contributed by atoms with Gasteiger partial charge in [0.05, 0.1) is 4.90 Å². The molecule has 0 atom stereocenters. The summed E-state index contributed by atoms with van der Waals surface area (Å²) in [4.78, 5) is 8.78. The highest BCUT2D eigenvalue weighted by molar-refractivity contribution is 7.89. The summed E-state index contributed by atoms with van der Waals surface area (Å²) in [5, 5.41) is 0. The minimum atomic E-state index is -3.51. The number of sulfonamides is 1. The SMILES string of the molecule is CN1CCN(c2ccc(S(=O)(=O)NCc3ccncc3)cc2)CC1. The summed E-state index contributed by atoms with van der Waals surface area (Å²) < 4.78 is 27.4. The third-order valence-corrected chi connectivity index (χ3v) is 5.65. The molecule has 0 spiro atoms. The fourth-order valence-electron chi connectivity index (χ4n) is 2.66. The molecule has 1 N–H and O–H groups in total. The second-order valence-electron chi connectivity index (χ2n) is 5.96. The van der Waals surface area contributed by atoms with Crippen LogP contribution in [0.5, 0.6) is 0 Å². The minimum absolute atomic E-state index is 0.255. The molecule has 2 heterocycles. The third-order valence-electron chi connectivity index (χ3n) is 4.23. The van der Waals surface area contributed by atoms with E-state index in [2.05, 4.69) is 26.6 Å². The van der Waals surface area contributed by atoms with Gasteiger partial charge in [0.1, 0.15) is 0 Å². The molecule has 0 radical (unpaired) electrons. The van der Waals surface area contributed by atoms with Crippen molar-refractivity contribution in [2.75, 3.05) is 38.1 Å². The van der Waals surface area contributed by atoms with E-state index in [0.717, 1.165) is 37.4 Å². The second-order valence-corrected chi connectivity index (χ2v) is 7.73. The lowest BCUT2D eigenvalue weighted by Crippen LogP contribution is -2.44. The molecule has 0 amide bonds. The first kappa shape index (κ1) is 16.9. The van der Waals surface area contributed by atoms with Crippen LogP contribution in [0, 0.1) is 0 Å². The molecule has 1 saturated heterocycles. The van der Waals surface area contributed by atoms with Crippen molar-refractivity contribution in [1.29, 1.82) is 0 Å². The Morgan fingerprint density at radius 1 is 1.00 bits per heavy atom. The number of nitrogens with one attached hydrogen (secondary N) is 1. The Hall–Kier alpha value is -1.96. The molecule has 0 bridgehead atoms. The average Bonchev–Trinajstić information content (AvgIpc) is 2.62. The zero-order valence-corrected chi connectivity index (χ0v) is 14.5. The van der Waals surface area contributed by atoms with Crippen LogP contribution in [0.15, 0.2) is 53.7 Å². The van der Waals surface area contributed by atoms with Crippen LogP contribution >= 0.6 is 0 Å². The molecular weight excluding hydrogens is 324 g/mol. The van der Waals surface area contributed by atoms with E-state index in [1.54, 1.807) is 36.7 Å². The van der Waals surface area contributed by atoms with Gasteiger partial charge >= 0.3 is 0 Å². The first-order chi connectivity index (χ1) is 11.5. The van der Waals surface area contributed by atoms with Crippen LogP contribution in [0.1, 0.15) is 5.56 Å². The number of hydrogen-bond acceptors (Lipinski definition) is 5. The standard InChI is InChI=1S/C17H22N4O2S/c1-20-10-12-21(13-11-20)16-2-4-17(5-3-16)24(22,23)19-14-15-6-8-18-9-7-15/h2-9,19H,10-14H2,1H3. The van der Waals surface area contributed by atoms with Gasteiger partial charge in [-0.1, -0.05) is 0 Å². The number of benzene rings is 1. The number of nitrogens with zero attached hydrogens (tertiary/aromatic N) is 3. The van der Waals surface area contributed by atoms with Crippen molar-refractivity contribution in [1.82, 2.24) is 14.6 Å². The molecule has 1 aliphatic heterocycles. The van der Waals surface area contributed by atoms with Gasteiger partial charge < -0.3 is 9.80 Å². The Morgan fingerprint density at radius 3 is 2.25 bits per heavy atom. The zero-order chi connectivity index (χ0) is 17.0. The Morgan fingerprint density at radius 2 is 1.62 bits per heavy atom. The van der Waals surface area contributed by atoms with E-state index in [1.165, 1.54) is 0 Å². The molecule has 128 valence electrons. The van der Waals surface area contributed by atoms with Gasteiger partial charge in [-0.05, 0) is 49.0 Å². The number of rotatable bonds is 5. The number of piperazine rings is 1. The monoisotopic (exact) mass is 346 g/mol. The maximum Gasteiger partial charge on any atom is 0.240 e. The van der Waals surface area contributed by atoms with Gasteiger partial charge in [-0.25, -0.2) is 13.1 Å². The quantitative estimate of drug-likeness (QED) is 0.884. The lowest BCUT2D eigenvalue weighted by molar-refractivity contribution is 0.313. The van der Waals surface area contributed by atoms with Gasteiger partial charge in [0.25, 0.3) is 0 Å². The van der Waals surface area contributed by atoms with Gasteiger partial charge in [-0.3, -0.25) is 4.98 Å². The normalized spacial score (nSPS) is 16.3. The van der Waals surface area contributed by atoms with Crippen molar-refractivity contribution in [3.8, 4) is 0 Å². The van der Waals surface area contributed by atoms with E-state index < -0.39 is 10.0 Å². The molecule has 1 aromatic carbocycles. The molecule has 0 unspecified atom stereocenters. The van der Waals surface area contributed by atoms with Gasteiger partial charge in [0.15, 0.2) is 0 Å². The first-order valence-electron chi connectivity index (χ1n) is 7.97. The number of likely N-dealkylation sites (N-methyl/N-ethyl adjacent to an activating group) is 1. The van der Waals surface area contributed by atoms with Crippen molar-refractivity contribution in [3.05, 3.63) is 54.4 Å². The molecule has 24 heavy (non-hydrogen) atoms. The fraction of sp³-hybridized carbons (Fsp3) is 0.353. The molecule has 2 aromatic rings.